The second-order valence-corrected chi connectivity index (χ2v) is 6.77. The summed E-state index contributed by atoms with van der Waals surface area (Å²) in [5.74, 6) is -0.579. The Hall–Kier alpha value is -2.37. The summed E-state index contributed by atoms with van der Waals surface area (Å²) in [7, 11) is 0. The van der Waals surface area contributed by atoms with Crippen molar-refractivity contribution in [1.82, 2.24) is 9.88 Å². The predicted octanol–water partition coefficient (Wildman–Crippen LogP) is 3.91. The van der Waals surface area contributed by atoms with Crippen molar-refractivity contribution >= 4 is 28.4 Å². The molecule has 0 spiro atoms. The van der Waals surface area contributed by atoms with Crippen molar-refractivity contribution in [3.63, 3.8) is 0 Å². The normalized spacial score (nSPS) is 20.4. The third-order valence-electron chi connectivity index (χ3n) is 4.59. The van der Waals surface area contributed by atoms with E-state index in [0.717, 1.165) is 10.9 Å². The smallest absolute Gasteiger partial charge is 0.270 e. The van der Waals surface area contributed by atoms with E-state index in [1.807, 2.05) is 6.07 Å². The van der Waals surface area contributed by atoms with Gasteiger partial charge in [0.05, 0.1) is 12.1 Å². The maximum atomic E-state index is 13.6. The molecule has 4 rings (SSSR count). The molecule has 128 valence electrons. The number of fused-ring (bicyclic) bond motifs is 1. The zero-order valence-corrected chi connectivity index (χ0v) is 14.0. The van der Waals surface area contributed by atoms with Gasteiger partial charge in [0.2, 0.25) is 0 Å². The molecule has 4 nitrogen and oxygen atoms in total. The lowest BCUT2D eigenvalue weighted by Crippen LogP contribution is -2.32. The first-order chi connectivity index (χ1) is 12.0. The van der Waals surface area contributed by atoms with Gasteiger partial charge in [-0.05, 0) is 42.3 Å². The first-order valence-electron chi connectivity index (χ1n) is 8.04. The van der Waals surface area contributed by atoms with Gasteiger partial charge in [-0.25, -0.2) is 4.39 Å². The highest BCUT2D eigenvalue weighted by Gasteiger charge is 2.36. The van der Waals surface area contributed by atoms with E-state index < -0.39 is 6.10 Å². The fraction of sp³-hybridized carbons (Fsp3) is 0.211. The van der Waals surface area contributed by atoms with E-state index in [9.17, 15) is 14.3 Å². The minimum Gasteiger partial charge on any atom is -0.391 e. The number of hydrogen-bond donors (Lipinski definition) is 2. The van der Waals surface area contributed by atoms with Gasteiger partial charge in [0.15, 0.2) is 0 Å². The lowest BCUT2D eigenvalue weighted by Gasteiger charge is -2.24. The second-order valence-electron chi connectivity index (χ2n) is 6.33. The Morgan fingerprint density at radius 3 is 2.88 bits per heavy atom. The van der Waals surface area contributed by atoms with Crippen molar-refractivity contribution < 1.29 is 14.3 Å². The number of aromatic nitrogens is 1. The number of nitrogens with zero attached hydrogens (tertiary/aromatic N) is 1. The number of benzene rings is 2. The number of aliphatic hydroxyl groups excluding tert-OH is 1. The van der Waals surface area contributed by atoms with Crippen LogP contribution in [0.5, 0.6) is 0 Å². The molecule has 3 aromatic rings. The number of hydrogen-bond acceptors (Lipinski definition) is 2. The summed E-state index contributed by atoms with van der Waals surface area (Å²) in [5.41, 5.74) is 1.88. The number of nitrogens with one attached hydrogen (secondary N) is 1. The van der Waals surface area contributed by atoms with Gasteiger partial charge in [-0.1, -0.05) is 29.8 Å². The van der Waals surface area contributed by atoms with Crippen LogP contribution in [0.25, 0.3) is 10.9 Å². The quantitative estimate of drug-likeness (QED) is 0.729. The number of halogens is 2. The SMILES string of the molecule is O=C(c1cc2ccc(Cl)cc2[nH]1)N1C[C@@H](O)C[C@@H]1c1cccc(F)c1. The van der Waals surface area contributed by atoms with Gasteiger partial charge in [0, 0.05) is 22.5 Å². The summed E-state index contributed by atoms with van der Waals surface area (Å²) in [6.45, 7) is 0.218. The fourth-order valence-electron chi connectivity index (χ4n) is 3.44. The largest absolute Gasteiger partial charge is 0.391 e. The fourth-order valence-corrected chi connectivity index (χ4v) is 3.61. The van der Waals surface area contributed by atoms with E-state index in [-0.39, 0.29) is 24.3 Å². The average Bonchev–Trinajstić information content (AvgIpc) is 3.17. The highest BCUT2D eigenvalue weighted by molar-refractivity contribution is 6.31. The number of rotatable bonds is 2. The van der Waals surface area contributed by atoms with Crippen molar-refractivity contribution in [2.24, 2.45) is 0 Å². The highest BCUT2D eigenvalue weighted by atomic mass is 35.5. The lowest BCUT2D eigenvalue weighted by atomic mass is 10.0. The summed E-state index contributed by atoms with van der Waals surface area (Å²) < 4.78 is 13.6. The summed E-state index contributed by atoms with van der Waals surface area (Å²) >= 11 is 5.99. The third kappa shape index (κ3) is 3.01. The van der Waals surface area contributed by atoms with Gasteiger partial charge < -0.3 is 15.0 Å². The Balaban J connectivity index is 1.69. The first-order valence-corrected chi connectivity index (χ1v) is 8.42. The number of β-amino-alcohol motifs (C(OH)–C–C–N with tert-alkyl or cyclic N) is 1. The summed E-state index contributed by atoms with van der Waals surface area (Å²) in [4.78, 5) is 17.6. The molecule has 0 bridgehead atoms. The maximum Gasteiger partial charge on any atom is 0.270 e. The van der Waals surface area contributed by atoms with Gasteiger partial charge in [0.25, 0.3) is 5.91 Å². The molecular formula is C19H16ClFN2O2. The molecule has 1 aromatic heterocycles. The molecule has 25 heavy (non-hydrogen) atoms. The van der Waals surface area contributed by atoms with E-state index in [1.165, 1.54) is 12.1 Å². The third-order valence-corrected chi connectivity index (χ3v) is 4.82. The summed E-state index contributed by atoms with van der Waals surface area (Å²) in [6, 6.07) is 12.9. The molecule has 1 aliphatic rings. The molecule has 2 N–H and O–H groups in total. The van der Waals surface area contributed by atoms with Gasteiger partial charge in [-0.15, -0.1) is 0 Å². The predicted molar refractivity (Wildman–Crippen MR) is 94.1 cm³/mol. The van der Waals surface area contributed by atoms with Crippen LogP contribution in [0.15, 0.2) is 48.5 Å². The van der Waals surface area contributed by atoms with Crippen molar-refractivity contribution in [2.75, 3.05) is 6.54 Å². The molecule has 2 heterocycles. The van der Waals surface area contributed by atoms with Gasteiger partial charge >= 0.3 is 0 Å². The Kier molecular flexibility index (Phi) is 3.98. The lowest BCUT2D eigenvalue weighted by molar-refractivity contribution is 0.0710. The summed E-state index contributed by atoms with van der Waals surface area (Å²) in [5, 5.41) is 11.5. The number of amides is 1. The molecule has 1 amide bonds. The average molecular weight is 359 g/mol. The molecule has 2 aromatic carbocycles. The van der Waals surface area contributed by atoms with Crippen LogP contribution in [0.2, 0.25) is 5.02 Å². The molecule has 0 aliphatic carbocycles. The zero-order chi connectivity index (χ0) is 17.6. The van der Waals surface area contributed by atoms with Gasteiger partial charge in [0.1, 0.15) is 11.5 Å². The van der Waals surface area contributed by atoms with Crippen LogP contribution in [0.4, 0.5) is 4.39 Å². The van der Waals surface area contributed by atoms with E-state index in [2.05, 4.69) is 4.98 Å². The Morgan fingerprint density at radius 2 is 2.08 bits per heavy atom. The van der Waals surface area contributed by atoms with Gasteiger partial charge in [-0.2, -0.15) is 0 Å². The van der Waals surface area contributed by atoms with Crippen molar-refractivity contribution in [3.8, 4) is 0 Å². The molecule has 0 unspecified atom stereocenters. The maximum absolute atomic E-state index is 13.6. The van der Waals surface area contributed by atoms with Crippen LogP contribution in [-0.2, 0) is 0 Å². The summed E-state index contributed by atoms with van der Waals surface area (Å²) in [6.07, 6.45) is -0.239. The van der Waals surface area contributed by atoms with Crippen LogP contribution >= 0.6 is 11.6 Å². The van der Waals surface area contributed by atoms with E-state index in [1.54, 1.807) is 35.2 Å². The molecule has 1 fully saturated rings. The van der Waals surface area contributed by atoms with E-state index >= 15 is 0 Å². The van der Waals surface area contributed by atoms with Crippen LogP contribution < -0.4 is 0 Å². The van der Waals surface area contributed by atoms with Crippen LogP contribution in [0.1, 0.15) is 28.5 Å². The zero-order valence-electron chi connectivity index (χ0n) is 13.2. The number of H-pyrrole nitrogens is 1. The number of aromatic amines is 1. The number of likely N-dealkylation sites (tertiary alicyclic amines) is 1. The van der Waals surface area contributed by atoms with Crippen molar-refractivity contribution in [2.45, 2.75) is 18.6 Å². The topological polar surface area (TPSA) is 56.3 Å². The van der Waals surface area contributed by atoms with E-state index in [4.69, 9.17) is 11.6 Å². The first kappa shape index (κ1) is 16.1. The van der Waals surface area contributed by atoms with Crippen LogP contribution in [0, 0.1) is 5.82 Å². The minimum atomic E-state index is -0.629. The standard InChI is InChI=1S/C19H16ClFN2O2/c20-13-5-4-11-7-17(22-16(11)8-13)19(25)23-10-15(24)9-18(23)12-2-1-3-14(21)6-12/h1-8,15,18,22,24H,9-10H2/t15-,18+/m0/s1. The molecule has 6 heteroatoms. The number of carbonyl (C=O) groups is 1. The second kappa shape index (κ2) is 6.17. The van der Waals surface area contributed by atoms with Crippen LogP contribution in [0.3, 0.4) is 0 Å². The Morgan fingerprint density at radius 1 is 1.24 bits per heavy atom. The molecule has 2 atom stereocenters. The van der Waals surface area contributed by atoms with Crippen molar-refractivity contribution in [1.29, 1.82) is 0 Å². The monoisotopic (exact) mass is 358 g/mol. The Labute approximate surface area is 148 Å². The molecule has 1 aliphatic heterocycles. The van der Waals surface area contributed by atoms with Crippen LogP contribution in [-0.4, -0.2) is 33.5 Å². The number of carbonyl (C=O) groups excluding carboxylic acids is 1. The molecule has 1 saturated heterocycles. The molecule has 0 saturated carbocycles. The highest BCUT2D eigenvalue weighted by Crippen LogP contribution is 2.34. The molecule has 0 radical (unpaired) electrons. The van der Waals surface area contributed by atoms with Gasteiger partial charge in [-0.3, -0.25) is 4.79 Å². The van der Waals surface area contributed by atoms with E-state index in [0.29, 0.717) is 22.7 Å². The number of aliphatic hydroxyl groups is 1. The minimum absolute atomic E-state index is 0.218. The Bertz CT molecular complexity index is 956. The molecular weight excluding hydrogens is 343 g/mol. The van der Waals surface area contributed by atoms with Crippen molar-refractivity contribution in [3.05, 3.63) is 70.6 Å².